The predicted molar refractivity (Wildman–Crippen MR) is 85.5 cm³/mol. The maximum Gasteiger partial charge on any atom is 0.261 e. The van der Waals surface area contributed by atoms with E-state index in [1.165, 1.54) is 17.0 Å². The van der Waals surface area contributed by atoms with E-state index in [0.29, 0.717) is 17.4 Å². The summed E-state index contributed by atoms with van der Waals surface area (Å²) in [5.74, 6) is -0.884. The molecule has 0 spiro atoms. The monoisotopic (exact) mass is 384 g/mol. The van der Waals surface area contributed by atoms with E-state index in [0.717, 1.165) is 19.3 Å². The molecule has 1 N–H and O–H groups in total. The van der Waals surface area contributed by atoms with E-state index in [1.807, 2.05) is 0 Å². The van der Waals surface area contributed by atoms with Crippen molar-refractivity contribution in [2.75, 3.05) is 13.2 Å². The Hall–Kier alpha value is -1.63. The minimum atomic E-state index is -0.531. The van der Waals surface area contributed by atoms with Gasteiger partial charge in [-0.25, -0.2) is 4.39 Å². The van der Waals surface area contributed by atoms with Crippen molar-refractivity contribution < 1.29 is 18.7 Å². The lowest BCUT2D eigenvalue weighted by molar-refractivity contribution is -0.140. The maximum atomic E-state index is 13.7. The van der Waals surface area contributed by atoms with Crippen molar-refractivity contribution in [1.29, 1.82) is 0 Å². The molecule has 0 radical (unpaired) electrons. The zero-order valence-electron chi connectivity index (χ0n) is 12.6. The summed E-state index contributed by atoms with van der Waals surface area (Å²) in [6.07, 6.45) is 3.48. The SMILES string of the molecule is O=C(NC1CC1)[C@H]1CCCN1C(=O)COc1ccc(Br)cc1F. The fourth-order valence-corrected chi connectivity index (χ4v) is 3.01. The second-order valence-corrected chi connectivity index (χ2v) is 6.81. The standard InChI is InChI=1S/C16H18BrFN2O3/c17-10-3-6-14(12(18)8-10)23-9-15(21)20-7-1-2-13(20)16(22)19-11-4-5-11/h3,6,8,11,13H,1-2,4-5,7,9H2,(H,19,22)/t13-/m1/s1. The van der Waals surface area contributed by atoms with Crippen LogP contribution in [0.1, 0.15) is 25.7 Å². The average molecular weight is 385 g/mol. The van der Waals surface area contributed by atoms with Crippen LogP contribution in [0.15, 0.2) is 22.7 Å². The number of carbonyl (C=O) groups excluding carboxylic acids is 2. The molecule has 1 heterocycles. The molecule has 1 saturated heterocycles. The van der Waals surface area contributed by atoms with Gasteiger partial charge in [-0.15, -0.1) is 0 Å². The van der Waals surface area contributed by atoms with Gasteiger partial charge in [-0.05, 0) is 43.9 Å². The van der Waals surface area contributed by atoms with E-state index in [9.17, 15) is 14.0 Å². The van der Waals surface area contributed by atoms with Crippen LogP contribution in [0.4, 0.5) is 4.39 Å². The first kappa shape index (κ1) is 16.2. The van der Waals surface area contributed by atoms with Crippen LogP contribution < -0.4 is 10.1 Å². The van der Waals surface area contributed by atoms with Crippen LogP contribution in [-0.2, 0) is 9.59 Å². The summed E-state index contributed by atoms with van der Waals surface area (Å²) in [6, 6.07) is 4.23. The summed E-state index contributed by atoms with van der Waals surface area (Å²) in [4.78, 5) is 26.0. The number of rotatable bonds is 5. The molecule has 0 aromatic heterocycles. The zero-order valence-corrected chi connectivity index (χ0v) is 14.1. The molecule has 23 heavy (non-hydrogen) atoms. The number of nitrogens with one attached hydrogen (secondary N) is 1. The van der Waals surface area contributed by atoms with Crippen molar-refractivity contribution in [2.45, 2.75) is 37.8 Å². The average Bonchev–Trinajstić information content (AvgIpc) is 3.17. The number of benzene rings is 1. The highest BCUT2D eigenvalue weighted by molar-refractivity contribution is 9.10. The van der Waals surface area contributed by atoms with Crippen LogP contribution in [-0.4, -0.2) is 41.9 Å². The van der Waals surface area contributed by atoms with Crippen molar-refractivity contribution >= 4 is 27.7 Å². The van der Waals surface area contributed by atoms with E-state index in [2.05, 4.69) is 21.2 Å². The molecule has 2 fully saturated rings. The minimum absolute atomic E-state index is 0.0275. The fourth-order valence-electron chi connectivity index (χ4n) is 2.68. The minimum Gasteiger partial charge on any atom is -0.481 e. The number of hydrogen-bond donors (Lipinski definition) is 1. The van der Waals surface area contributed by atoms with Crippen LogP contribution in [0.25, 0.3) is 0 Å². The Morgan fingerprint density at radius 3 is 2.83 bits per heavy atom. The van der Waals surface area contributed by atoms with E-state index in [-0.39, 0.29) is 30.2 Å². The summed E-state index contributed by atoms with van der Waals surface area (Å²) in [7, 11) is 0. The first-order chi connectivity index (χ1) is 11.0. The molecule has 2 aliphatic rings. The van der Waals surface area contributed by atoms with Gasteiger partial charge in [0.2, 0.25) is 5.91 Å². The van der Waals surface area contributed by atoms with Crippen LogP contribution in [0.3, 0.4) is 0 Å². The van der Waals surface area contributed by atoms with Crippen LogP contribution in [0.2, 0.25) is 0 Å². The van der Waals surface area contributed by atoms with Crippen molar-refractivity contribution in [3.05, 3.63) is 28.5 Å². The number of hydrogen-bond acceptors (Lipinski definition) is 3. The first-order valence-corrected chi connectivity index (χ1v) is 8.51. The molecule has 1 aromatic rings. The van der Waals surface area contributed by atoms with Crippen molar-refractivity contribution in [1.82, 2.24) is 10.2 Å². The predicted octanol–water partition coefficient (Wildman–Crippen LogP) is 2.24. The molecule has 1 aliphatic heterocycles. The topological polar surface area (TPSA) is 58.6 Å². The highest BCUT2D eigenvalue weighted by Crippen LogP contribution is 2.24. The third-order valence-corrected chi connectivity index (χ3v) is 4.54. The lowest BCUT2D eigenvalue weighted by atomic mass is 10.2. The van der Waals surface area contributed by atoms with E-state index in [4.69, 9.17) is 4.74 Å². The van der Waals surface area contributed by atoms with Crippen LogP contribution in [0, 0.1) is 5.82 Å². The molecule has 1 aromatic carbocycles. The largest absolute Gasteiger partial charge is 0.481 e. The Bertz CT molecular complexity index is 621. The smallest absolute Gasteiger partial charge is 0.261 e. The molecule has 5 nitrogen and oxygen atoms in total. The molecule has 1 atom stereocenters. The van der Waals surface area contributed by atoms with E-state index < -0.39 is 11.9 Å². The zero-order chi connectivity index (χ0) is 16.4. The number of carbonyl (C=O) groups is 2. The Morgan fingerprint density at radius 2 is 2.13 bits per heavy atom. The van der Waals surface area contributed by atoms with Gasteiger partial charge in [0.15, 0.2) is 18.2 Å². The van der Waals surface area contributed by atoms with Gasteiger partial charge in [-0.2, -0.15) is 0 Å². The summed E-state index contributed by atoms with van der Waals surface area (Å²) in [6.45, 7) is 0.263. The van der Waals surface area contributed by atoms with Gasteiger partial charge >= 0.3 is 0 Å². The Kier molecular flexibility index (Phi) is 4.84. The Morgan fingerprint density at radius 1 is 1.35 bits per heavy atom. The molecule has 0 bridgehead atoms. The lowest BCUT2D eigenvalue weighted by Crippen LogP contribution is -2.47. The summed E-state index contributed by atoms with van der Waals surface area (Å²) >= 11 is 3.16. The highest BCUT2D eigenvalue weighted by Gasteiger charge is 2.36. The maximum absolute atomic E-state index is 13.7. The van der Waals surface area contributed by atoms with Gasteiger partial charge in [-0.3, -0.25) is 9.59 Å². The lowest BCUT2D eigenvalue weighted by Gasteiger charge is -2.24. The second-order valence-electron chi connectivity index (χ2n) is 5.89. The fraction of sp³-hybridized carbons (Fsp3) is 0.500. The number of halogens is 2. The number of likely N-dealkylation sites (tertiary alicyclic amines) is 1. The normalized spacial score (nSPS) is 20.4. The summed E-state index contributed by atoms with van der Waals surface area (Å²) in [5.41, 5.74) is 0. The molecule has 7 heteroatoms. The third kappa shape index (κ3) is 4.02. The first-order valence-electron chi connectivity index (χ1n) is 7.72. The molecule has 0 unspecified atom stereocenters. The Labute approximate surface area is 142 Å². The van der Waals surface area contributed by atoms with Gasteiger partial charge in [0.25, 0.3) is 5.91 Å². The van der Waals surface area contributed by atoms with Crippen LogP contribution >= 0.6 is 15.9 Å². The molecular formula is C16H18BrFN2O3. The van der Waals surface area contributed by atoms with Crippen molar-refractivity contribution in [2.24, 2.45) is 0 Å². The summed E-state index contributed by atoms with van der Waals surface area (Å²) in [5, 5.41) is 2.93. The molecule has 2 amide bonds. The van der Waals surface area contributed by atoms with Gasteiger partial charge in [0.1, 0.15) is 6.04 Å². The van der Waals surface area contributed by atoms with Crippen LogP contribution in [0.5, 0.6) is 5.75 Å². The second kappa shape index (κ2) is 6.86. The van der Waals surface area contributed by atoms with Gasteiger partial charge in [0.05, 0.1) is 0 Å². The van der Waals surface area contributed by atoms with Crippen molar-refractivity contribution in [3.63, 3.8) is 0 Å². The van der Waals surface area contributed by atoms with Crippen molar-refractivity contribution in [3.8, 4) is 5.75 Å². The molecule has 1 saturated carbocycles. The third-order valence-electron chi connectivity index (χ3n) is 4.04. The Balaban J connectivity index is 1.57. The molecule has 124 valence electrons. The number of nitrogens with zero attached hydrogens (tertiary/aromatic N) is 1. The number of ether oxygens (including phenoxy) is 1. The molecular weight excluding hydrogens is 367 g/mol. The molecule has 3 rings (SSSR count). The number of amides is 2. The van der Waals surface area contributed by atoms with E-state index >= 15 is 0 Å². The van der Waals surface area contributed by atoms with Gasteiger partial charge < -0.3 is 15.0 Å². The highest BCUT2D eigenvalue weighted by atomic mass is 79.9. The quantitative estimate of drug-likeness (QED) is 0.846. The van der Waals surface area contributed by atoms with Gasteiger partial charge in [0, 0.05) is 17.1 Å². The summed E-state index contributed by atoms with van der Waals surface area (Å²) < 4.78 is 19.6. The van der Waals surface area contributed by atoms with Gasteiger partial charge in [-0.1, -0.05) is 15.9 Å². The molecule has 1 aliphatic carbocycles. The van der Waals surface area contributed by atoms with E-state index in [1.54, 1.807) is 6.07 Å².